The summed E-state index contributed by atoms with van der Waals surface area (Å²) in [5, 5.41) is 3.46. The van der Waals surface area contributed by atoms with Crippen molar-refractivity contribution in [3.05, 3.63) is 0 Å². The molecule has 11 heavy (non-hydrogen) atoms. The fraction of sp³-hybridized carbons (Fsp3) is 1.00. The highest BCUT2D eigenvalue weighted by atomic mass is 15.2. The van der Waals surface area contributed by atoms with Crippen LogP contribution in [0.25, 0.3) is 0 Å². The molecule has 0 atom stereocenters. The van der Waals surface area contributed by atoms with E-state index in [0.29, 0.717) is 0 Å². The molecule has 0 spiro atoms. The smallest absolute Gasteiger partial charge is 0.0110 e. The summed E-state index contributed by atoms with van der Waals surface area (Å²) in [4.78, 5) is 2.66. The molecule has 1 N–H and O–H groups in total. The Morgan fingerprint density at radius 1 is 1.00 bits per heavy atom. The Bertz CT molecular complexity index is 113. The first-order valence-corrected chi connectivity index (χ1v) is 4.91. The van der Waals surface area contributed by atoms with Gasteiger partial charge in [-0.25, -0.2) is 0 Å². The van der Waals surface area contributed by atoms with E-state index >= 15 is 0 Å². The Balaban J connectivity index is 1.76. The van der Waals surface area contributed by atoms with Crippen LogP contribution >= 0.6 is 0 Å². The second-order valence-corrected chi connectivity index (χ2v) is 3.72. The molecule has 2 aliphatic rings. The maximum Gasteiger partial charge on any atom is 0.0110 e. The molecule has 2 heteroatoms. The van der Waals surface area contributed by atoms with Gasteiger partial charge in [-0.2, -0.15) is 0 Å². The van der Waals surface area contributed by atoms with E-state index in [0.717, 1.165) is 6.04 Å². The molecule has 0 amide bonds. The first-order chi connectivity index (χ1) is 5.47. The lowest BCUT2D eigenvalue weighted by atomic mass is 10.2. The van der Waals surface area contributed by atoms with Crippen molar-refractivity contribution in [1.82, 2.24) is 10.2 Å². The van der Waals surface area contributed by atoms with Crippen LogP contribution in [0.2, 0.25) is 0 Å². The molecular weight excluding hydrogens is 136 g/mol. The number of hydrogen-bond donors (Lipinski definition) is 1. The molecule has 1 aliphatic carbocycles. The molecule has 0 aromatic heterocycles. The van der Waals surface area contributed by atoms with Gasteiger partial charge in [-0.05, 0) is 38.8 Å². The molecule has 1 heterocycles. The van der Waals surface area contributed by atoms with Gasteiger partial charge in [0.25, 0.3) is 0 Å². The van der Waals surface area contributed by atoms with Crippen molar-refractivity contribution in [2.45, 2.75) is 31.7 Å². The van der Waals surface area contributed by atoms with Gasteiger partial charge in [-0.15, -0.1) is 0 Å². The Morgan fingerprint density at radius 3 is 2.73 bits per heavy atom. The molecule has 1 saturated carbocycles. The van der Waals surface area contributed by atoms with Crippen LogP contribution in [0.5, 0.6) is 0 Å². The quantitative estimate of drug-likeness (QED) is 0.602. The van der Waals surface area contributed by atoms with E-state index in [-0.39, 0.29) is 0 Å². The van der Waals surface area contributed by atoms with E-state index in [4.69, 9.17) is 0 Å². The SMILES string of the molecule is C1CCN(C2CC2)CCNC1. The summed E-state index contributed by atoms with van der Waals surface area (Å²) in [7, 11) is 0. The zero-order valence-corrected chi connectivity index (χ0v) is 7.18. The minimum Gasteiger partial charge on any atom is -0.315 e. The Hall–Kier alpha value is -0.0800. The van der Waals surface area contributed by atoms with Crippen molar-refractivity contribution in [3.63, 3.8) is 0 Å². The summed E-state index contributed by atoms with van der Waals surface area (Å²) >= 11 is 0. The van der Waals surface area contributed by atoms with Gasteiger partial charge in [0.1, 0.15) is 0 Å². The monoisotopic (exact) mass is 154 g/mol. The number of nitrogens with one attached hydrogen (secondary N) is 1. The molecule has 0 unspecified atom stereocenters. The molecule has 2 rings (SSSR count). The highest BCUT2D eigenvalue weighted by Gasteiger charge is 2.28. The van der Waals surface area contributed by atoms with Crippen LogP contribution in [0, 0.1) is 0 Å². The van der Waals surface area contributed by atoms with Gasteiger partial charge >= 0.3 is 0 Å². The predicted octanol–water partition coefficient (Wildman–Crippen LogP) is 0.834. The fourth-order valence-electron chi connectivity index (χ4n) is 1.83. The molecule has 0 radical (unpaired) electrons. The van der Waals surface area contributed by atoms with Gasteiger partial charge in [-0.1, -0.05) is 0 Å². The third-order valence-corrected chi connectivity index (χ3v) is 2.69. The van der Waals surface area contributed by atoms with Crippen LogP contribution in [-0.2, 0) is 0 Å². The maximum atomic E-state index is 3.46. The molecule has 2 fully saturated rings. The zero-order chi connectivity index (χ0) is 7.52. The van der Waals surface area contributed by atoms with Crippen molar-refractivity contribution in [2.75, 3.05) is 26.2 Å². The van der Waals surface area contributed by atoms with Crippen LogP contribution in [0.1, 0.15) is 25.7 Å². The minimum atomic E-state index is 0.967. The Kier molecular flexibility index (Phi) is 2.44. The summed E-state index contributed by atoms with van der Waals surface area (Å²) in [6, 6.07) is 0.967. The van der Waals surface area contributed by atoms with Crippen LogP contribution < -0.4 is 5.32 Å². The van der Waals surface area contributed by atoms with Crippen molar-refractivity contribution < 1.29 is 0 Å². The van der Waals surface area contributed by atoms with Gasteiger partial charge < -0.3 is 5.32 Å². The lowest BCUT2D eigenvalue weighted by Gasteiger charge is -2.24. The standard InChI is InChI=1S/C9H18N2/c1-2-7-11(9-3-4-9)8-6-10-5-1/h9-10H,1-8H2. The summed E-state index contributed by atoms with van der Waals surface area (Å²) in [5.74, 6) is 0. The highest BCUT2D eigenvalue weighted by molar-refractivity contribution is 4.85. The summed E-state index contributed by atoms with van der Waals surface area (Å²) in [6.45, 7) is 5.08. The van der Waals surface area contributed by atoms with E-state index in [9.17, 15) is 0 Å². The second-order valence-electron chi connectivity index (χ2n) is 3.72. The number of nitrogens with zero attached hydrogens (tertiary/aromatic N) is 1. The van der Waals surface area contributed by atoms with Gasteiger partial charge in [-0.3, -0.25) is 4.90 Å². The second kappa shape index (κ2) is 3.55. The third kappa shape index (κ3) is 2.17. The zero-order valence-electron chi connectivity index (χ0n) is 7.18. The lowest BCUT2D eigenvalue weighted by Crippen LogP contribution is -2.37. The normalized spacial score (nSPS) is 29.5. The van der Waals surface area contributed by atoms with Crippen LogP contribution in [0.3, 0.4) is 0 Å². The Labute approximate surface area is 69.0 Å². The average Bonchev–Trinajstić information content (AvgIpc) is 2.68. The number of hydrogen-bond acceptors (Lipinski definition) is 2. The molecule has 64 valence electrons. The third-order valence-electron chi connectivity index (χ3n) is 2.69. The van der Waals surface area contributed by atoms with Crippen molar-refractivity contribution in [2.24, 2.45) is 0 Å². The van der Waals surface area contributed by atoms with Crippen molar-refractivity contribution in [3.8, 4) is 0 Å². The summed E-state index contributed by atoms with van der Waals surface area (Å²) in [6.07, 6.45) is 5.67. The van der Waals surface area contributed by atoms with Crippen molar-refractivity contribution in [1.29, 1.82) is 0 Å². The molecule has 1 aliphatic heterocycles. The average molecular weight is 154 g/mol. The van der Waals surface area contributed by atoms with Gasteiger partial charge in [0, 0.05) is 19.1 Å². The van der Waals surface area contributed by atoms with E-state index in [2.05, 4.69) is 10.2 Å². The molecular formula is C9H18N2. The first kappa shape index (κ1) is 7.56. The van der Waals surface area contributed by atoms with Crippen molar-refractivity contribution >= 4 is 0 Å². The van der Waals surface area contributed by atoms with Gasteiger partial charge in [0.2, 0.25) is 0 Å². The maximum absolute atomic E-state index is 3.46. The topological polar surface area (TPSA) is 15.3 Å². The van der Waals surface area contributed by atoms with Crippen LogP contribution in [0.15, 0.2) is 0 Å². The van der Waals surface area contributed by atoms with E-state index in [1.54, 1.807) is 0 Å². The number of rotatable bonds is 1. The molecule has 2 nitrogen and oxygen atoms in total. The van der Waals surface area contributed by atoms with E-state index in [1.165, 1.54) is 51.9 Å². The molecule has 1 saturated heterocycles. The fourth-order valence-corrected chi connectivity index (χ4v) is 1.83. The first-order valence-electron chi connectivity index (χ1n) is 4.91. The predicted molar refractivity (Wildman–Crippen MR) is 46.7 cm³/mol. The minimum absolute atomic E-state index is 0.967. The van der Waals surface area contributed by atoms with Crippen LogP contribution in [0.4, 0.5) is 0 Å². The lowest BCUT2D eigenvalue weighted by molar-refractivity contribution is 0.245. The Morgan fingerprint density at radius 2 is 1.91 bits per heavy atom. The summed E-state index contributed by atoms with van der Waals surface area (Å²) < 4.78 is 0. The van der Waals surface area contributed by atoms with E-state index < -0.39 is 0 Å². The van der Waals surface area contributed by atoms with Gasteiger partial charge in [0.15, 0.2) is 0 Å². The van der Waals surface area contributed by atoms with Gasteiger partial charge in [0.05, 0.1) is 0 Å². The molecule has 0 aromatic carbocycles. The van der Waals surface area contributed by atoms with E-state index in [1.807, 2.05) is 0 Å². The molecule has 0 bridgehead atoms. The highest BCUT2D eigenvalue weighted by Crippen LogP contribution is 2.26. The summed E-state index contributed by atoms with van der Waals surface area (Å²) in [5.41, 5.74) is 0. The van der Waals surface area contributed by atoms with Crippen LogP contribution in [-0.4, -0.2) is 37.1 Å². The largest absolute Gasteiger partial charge is 0.315 e. The molecule has 0 aromatic rings.